The van der Waals surface area contributed by atoms with Gasteiger partial charge in [0.2, 0.25) is 5.91 Å². The lowest BCUT2D eigenvalue weighted by Gasteiger charge is -2.15. The van der Waals surface area contributed by atoms with E-state index in [0.29, 0.717) is 22.9 Å². The molecule has 8 nitrogen and oxygen atoms in total. The SMILES string of the molecule is CCOC(=O)c1cnn(-c2ccccc2)c1NC(=O)C(CC)Sc1nc2ccccc2o1. The van der Waals surface area contributed by atoms with Gasteiger partial charge in [-0.2, -0.15) is 5.10 Å². The molecule has 0 saturated carbocycles. The van der Waals surface area contributed by atoms with E-state index >= 15 is 0 Å². The molecule has 32 heavy (non-hydrogen) atoms. The van der Waals surface area contributed by atoms with Gasteiger partial charge in [0.05, 0.1) is 23.7 Å². The Hall–Kier alpha value is -3.59. The van der Waals surface area contributed by atoms with Crippen LogP contribution in [0.3, 0.4) is 0 Å². The molecule has 0 spiro atoms. The van der Waals surface area contributed by atoms with E-state index in [4.69, 9.17) is 9.15 Å². The van der Waals surface area contributed by atoms with Crippen LogP contribution in [0.2, 0.25) is 0 Å². The average molecular weight is 451 g/mol. The molecule has 1 unspecified atom stereocenters. The van der Waals surface area contributed by atoms with Crippen LogP contribution in [-0.2, 0) is 9.53 Å². The molecular formula is C23H22N4O4S. The first-order valence-electron chi connectivity index (χ1n) is 10.2. The van der Waals surface area contributed by atoms with E-state index < -0.39 is 11.2 Å². The van der Waals surface area contributed by atoms with Crippen LogP contribution in [0.15, 0.2) is 70.4 Å². The molecule has 1 atom stereocenters. The minimum Gasteiger partial charge on any atom is -0.462 e. The number of aromatic nitrogens is 3. The highest BCUT2D eigenvalue weighted by Gasteiger charge is 2.26. The van der Waals surface area contributed by atoms with Crippen molar-refractivity contribution >= 4 is 40.6 Å². The van der Waals surface area contributed by atoms with E-state index in [1.54, 1.807) is 6.92 Å². The number of anilines is 1. The van der Waals surface area contributed by atoms with Crippen molar-refractivity contribution in [2.75, 3.05) is 11.9 Å². The number of hydrogen-bond donors (Lipinski definition) is 1. The number of nitrogens with zero attached hydrogens (tertiary/aromatic N) is 3. The third kappa shape index (κ3) is 4.52. The van der Waals surface area contributed by atoms with Crippen molar-refractivity contribution in [2.24, 2.45) is 0 Å². The zero-order chi connectivity index (χ0) is 22.5. The summed E-state index contributed by atoms with van der Waals surface area (Å²) < 4.78 is 12.4. The quantitative estimate of drug-likeness (QED) is 0.307. The molecule has 0 saturated heterocycles. The first kappa shape index (κ1) is 21.6. The summed E-state index contributed by atoms with van der Waals surface area (Å²) in [6.07, 6.45) is 1.93. The number of carbonyl (C=O) groups excluding carboxylic acids is 2. The second kappa shape index (κ2) is 9.69. The zero-order valence-electron chi connectivity index (χ0n) is 17.6. The van der Waals surface area contributed by atoms with E-state index in [1.807, 2.05) is 61.5 Å². The molecule has 0 radical (unpaired) electrons. The number of rotatable bonds is 8. The van der Waals surface area contributed by atoms with Crippen molar-refractivity contribution in [1.82, 2.24) is 14.8 Å². The van der Waals surface area contributed by atoms with Gasteiger partial charge in [-0.15, -0.1) is 0 Å². The molecule has 164 valence electrons. The van der Waals surface area contributed by atoms with E-state index in [9.17, 15) is 9.59 Å². The van der Waals surface area contributed by atoms with Gasteiger partial charge in [0.1, 0.15) is 11.1 Å². The Labute approximate surface area is 189 Å². The van der Waals surface area contributed by atoms with E-state index in [0.717, 1.165) is 5.52 Å². The molecule has 1 amide bonds. The largest absolute Gasteiger partial charge is 0.462 e. The number of benzene rings is 2. The molecule has 0 aliphatic heterocycles. The molecule has 2 heterocycles. The highest BCUT2D eigenvalue weighted by molar-refractivity contribution is 8.00. The number of oxazole rings is 1. The predicted octanol–water partition coefficient (Wildman–Crippen LogP) is 4.70. The van der Waals surface area contributed by atoms with E-state index in [-0.39, 0.29) is 23.9 Å². The van der Waals surface area contributed by atoms with Crippen LogP contribution in [0.5, 0.6) is 0 Å². The second-order valence-corrected chi connectivity index (χ2v) is 7.98. The van der Waals surface area contributed by atoms with Gasteiger partial charge in [0.15, 0.2) is 11.4 Å². The van der Waals surface area contributed by atoms with Crippen LogP contribution in [0, 0.1) is 0 Å². The molecule has 0 aliphatic carbocycles. The minimum absolute atomic E-state index is 0.186. The lowest BCUT2D eigenvalue weighted by molar-refractivity contribution is -0.115. The number of thioether (sulfide) groups is 1. The summed E-state index contributed by atoms with van der Waals surface area (Å²) in [7, 11) is 0. The Morgan fingerprint density at radius 3 is 2.59 bits per heavy atom. The van der Waals surface area contributed by atoms with Gasteiger partial charge >= 0.3 is 5.97 Å². The van der Waals surface area contributed by atoms with Crippen molar-refractivity contribution in [3.63, 3.8) is 0 Å². The lowest BCUT2D eigenvalue weighted by atomic mass is 10.2. The van der Waals surface area contributed by atoms with Gasteiger partial charge < -0.3 is 14.5 Å². The monoisotopic (exact) mass is 450 g/mol. The maximum Gasteiger partial charge on any atom is 0.343 e. The van der Waals surface area contributed by atoms with Gasteiger partial charge in [-0.1, -0.05) is 49.0 Å². The van der Waals surface area contributed by atoms with Gasteiger partial charge in [-0.05, 0) is 37.6 Å². The van der Waals surface area contributed by atoms with Crippen LogP contribution in [0.4, 0.5) is 5.82 Å². The van der Waals surface area contributed by atoms with Crippen LogP contribution in [0.1, 0.15) is 30.6 Å². The summed E-state index contributed by atoms with van der Waals surface area (Å²) in [5, 5.41) is 7.10. The fraction of sp³-hybridized carbons (Fsp3) is 0.217. The summed E-state index contributed by atoms with van der Waals surface area (Å²) in [5.41, 5.74) is 2.29. The molecule has 0 fully saturated rings. The fourth-order valence-corrected chi connectivity index (χ4v) is 4.00. The third-order valence-corrected chi connectivity index (χ3v) is 5.90. The molecule has 4 aromatic rings. The van der Waals surface area contributed by atoms with Crippen molar-refractivity contribution in [3.8, 4) is 5.69 Å². The molecule has 0 bridgehead atoms. The topological polar surface area (TPSA) is 99.2 Å². The van der Waals surface area contributed by atoms with Gasteiger partial charge in [-0.25, -0.2) is 14.5 Å². The number of amides is 1. The molecular weight excluding hydrogens is 428 g/mol. The highest BCUT2D eigenvalue weighted by atomic mass is 32.2. The smallest absolute Gasteiger partial charge is 0.343 e. The van der Waals surface area contributed by atoms with Gasteiger partial charge in [0.25, 0.3) is 5.22 Å². The molecule has 1 N–H and O–H groups in total. The Morgan fingerprint density at radius 1 is 1.12 bits per heavy atom. The maximum atomic E-state index is 13.2. The Morgan fingerprint density at radius 2 is 1.88 bits per heavy atom. The fourth-order valence-electron chi connectivity index (χ4n) is 3.13. The van der Waals surface area contributed by atoms with E-state index in [1.165, 1.54) is 22.6 Å². The summed E-state index contributed by atoms with van der Waals surface area (Å²) in [4.78, 5) is 30.1. The Kier molecular flexibility index (Phi) is 6.55. The van der Waals surface area contributed by atoms with Crippen molar-refractivity contribution in [3.05, 3.63) is 66.4 Å². The normalized spacial score (nSPS) is 11.9. The van der Waals surface area contributed by atoms with Gasteiger partial charge in [0, 0.05) is 0 Å². The minimum atomic E-state index is -0.551. The number of hydrogen-bond acceptors (Lipinski definition) is 7. The molecule has 2 aromatic carbocycles. The number of nitrogens with one attached hydrogen (secondary N) is 1. The number of esters is 1. The summed E-state index contributed by atoms with van der Waals surface area (Å²) in [6, 6.07) is 16.7. The van der Waals surface area contributed by atoms with Crippen LogP contribution in [-0.4, -0.2) is 38.5 Å². The third-order valence-electron chi connectivity index (χ3n) is 4.69. The first-order valence-corrected chi connectivity index (χ1v) is 11.1. The van der Waals surface area contributed by atoms with E-state index in [2.05, 4.69) is 15.4 Å². The molecule has 4 rings (SSSR count). The van der Waals surface area contributed by atoms with Crippen molar-refractivity contribution in [2.45, 2.75) is 30.7 Å². The zero-order valence-corrected chi connectivity index (χ0v) is 18.5. The molecule has 0 aliphatic rings. The predicted molar refractivity (Wildman–Crippen MR) is 122 cm³/mol. The standard InChI is InChI=1S/C23H22N4O4S/c1-3-19(32-23-25-17-12-8-9-13-18(17)31-23)21(28)26-20-16(22(29)30-4-2)14-24-27(20)15-10-6-5-7-11-15/h5-14,19H,3-4H2,1-2H3,(H,26,28). The number of carbonyl (C=O) groups is 2. The first-order chi connectivity index (χ1) is 15.6. The second-order valence-electron chi connectivity index (χ2n) is 6.83. The number of para-hydroxylation sites is 3. The Bertz CT molecular complexity index is 1200. The van der Waals surface area contributed by atoms with Crippen LogP contribution in [0.25, 0.3) is 16.8 Å². The summed E-state index contributed by atoms with van der Waals surface area (Å²) in [5.74, 6) is -0.580. The maximum absolute atomic E-state index is 13.2. The molecule has 9 heteroatoms. The van der Waals surface area contributed by atoms with Crippen LogP contribution >= 0.6 is 11.8 Å². The number of ether oxygens (including phenoxy) is 1. The van der Waals surface area contributed by atoms with Crippen molar-refractivity contribution in [1.29, 1.82) is 0 Å². The summed E-state index contributed by atoms with van der Waals surface area (Å²) >= 11 is 1.23. The Balaban J connectivity index is 1.61. The van der Waals surface area contributed by atoms with Crippen LogP contribution < -0.4 is 5.32 Å². The highest BCUT2D eigenvalue weighted by Crippen LogP contribution is 2.30. The lowest BCUT2D eigenvalue weighted by Crippen LogP contribution is -2.27. The molecule has 2 aromatic heterocycles. The number of fused-ring (bicyclic) bond motifs is 1. The average Bonchev–Trinajstić information content (AvgIpc) is 3.41. The summed E-state index contributed by atoms with van der Waals surface area (Å²) in [6.45, 7) is 3.84. The van der Waals surface area contributed by atoms with Crippen molar-refractivity contribution < 1.29 is 18.7 Å². The van der Waals surface area contributed by atoms with Gasteiger partial charge in [-0.3, -0.25) is 4.79 Å².